The van der Waals surface area contributed by atoms with Gasteiger partial charge in [0.05, 0.1) is 11.3 Å². The Kier molecular flexibility index (Phi) is 2.85. The summed E-state index contributed by atoms with van der Waals surface area (Å²) < 4.78 is 0. The number of hydrogen-bond donors (Lipinski definition) is 1. The van der Waals surface area contributed by atoms with Crippen LogP contribution in [0.2, 0.25) is 5.02 Å². The fourth-order valence-corrected chi connectivity index (χ4v) is 1.81. The Morgan fingerprint density at radius 1 is 1.41 bits per heavy atom. The van der Waals surface area contributed by atoms with E-state index in [1.54, 1.807) is 0 Å². The van der Waals surface area contributed by atoms with E-state index in [-0.39, 0.29) is 18.0 Å². The SMILES string of the molecule is CNC(=O)CN1C(=O)C(=O)c2ccc(Cl)cc21. The van der Waals surface area contributed by atoms with Crippen LogP contribution in [-0.4, -0.2) is 31.2 Å². The van der Waals surface area contributed by atoms with Gasteiger partial charge in [0.25, 0.3) is 11.7 Å². The van der Waals surface area contributed by atoms with Gasteiger partial charge in [-0.05, 0) is 18.2 Å². The van der Waals surface area contributed by atoms with Crippen LogP contribution in [0.1, 0.15) is 10.4 Å². The first-order valence-electron chi connectivity index (χ1n) is 4.91. The first-order chi connectivity index (χ1) is 8.04. The van der Waals surface area contributed by atoms with Gasteiger partial charge in [-0.25, -0.2) is 0 Å². The van der Waals surface area contributed by atoms with E-state index in [1.165, 1.54) is 25.2 Å². The highest BCUT2D eigenvalue weighted by Gasteiger charge is 2.36. The van der Waals surface area contributed by atoms with Crippen LogP contribution in [-0.2, 0) is 9.59 Å². The van der Waals surface area contributed by atoms with Crippen molar-refractivity contribution in [2.75, 3.05) is 18.5 Å². The van der Waals surface area contributed by atoms with Gasteiger partial charge in [0.2, 0.25) is 5.91 Å². The standard InChI is InChI=1S/C11H9ClN2O3/c1-13-9(15)5-14-8-4-6(12)2-3-7(8)10(16)11(14)17/h2-4H,5H2,1H3,(H,13,15). The Morgan fingerprint density at radius 3 is 2.76 bits per heavy atom. The topological polar surface area (TPSA) is 66.5 Å². The second kappa shape index (κ2) is 4.18. The Labute approximate surface area is 102 Å². The molecule has 0 atom stereocenters. The van der Waals surface area contributed by atoms with Gasteiger partial charge < -0.3 is 5.32 Å². The number of amides is 2. The lowest BCUT2D eigenvalue weighted by molar-refractivity contribution is -0.121. The molecule has 0 saturated carbocycles. The summed E-state index contributed by atoms with van der Waals surface area (Å²) in [5, 5.41) is 2.81. The fraction of sp³-hybridized carbons (Fsp3) is 0.182. The third-order valence-corrected chi connectivity index (χ3v) is 2.75. The number of rotatable bonds is 2. The van der Waals surface area contributed by atoms with E-state index >= 15 is 0 Å². The van der Waals surface area contributed by atoms with Crippen LogP contribution in [0.25, 0.3) is 0 Å². The average Bonchev–Trinajstić information content (AvgIpc) is 2.54. The number of nitrogens with one attached hydrogen (secondary N) is 1. The molecule has 1 aromatic rings. The summed E-state index contributed by atoms with van der Waals surface area (Å²) in [5.74, 6) is -1.66. The minimum Gasteiger partial charge on any atom is -0.358 e. The number of hydrogen-bond acceptors (Lipinski definition) is 3. The second-order valence-corrected chi connectivity index (χ2v) is 3.99. The molecule has 6 heteroatoms. The summed E-state index contributed by atoms with van der Waals surface area (Å²) in [7, 11) is 1.46. The predicted octanol–water partition coefficient (Wildman–Crippen LogP) is 0.615. The number of fused-ring (bicyclic) bond motifs is 1. The molecule has 1 aliphatic rings. The highest BCUT2D eigenvalue weighted by Crippen LogP contribution is 2.31. The number of carbonyl (C=O) groups is 3. The lowest BCUT2D eigenvalue weighted by Gasteiger charge is -2.15. The van der Waals surface area contributed by atoms with Crippen molar-refractivity contribution in [3.8, 4) is 0 Å². The molecule has 88 valence electrons. The molecule has 0 aliphatic carbocycles. The predicted molar refractivity (Wildman–Crippen MR) is 62.2 cm³/mol. The molecule has 1 aliphatic heterocycles. The number of benzene rings is 1. The maximum absolute atomic E-state index is 11.7. The number of carbonyl (C=O) groups excluding carboxylic acids is 3. The second-order valence-electron chi connectivity index (χ2n) is 3.56. The molecule has 0 bridgehead atoms. The molecule has 1 aromatic carbocycles. The summed E-state index contributed by atoms with van der Waals surface area (Å²) in [4.78, 5) is 35.7. The lowest BCUT2D eigenvalue weighted by atomic mass is 10.1. The number of halogens is 1. The van der Waals surface area contributed by atoms with E-state index in [2.05, 4.69) is 5.32 Å². The molecule has 17 heavy (non-hydrogen) atoms. The van der Waals surface area contributed by atoms with E-state index in [0.717, 1.165) is 4.90 Å². The first-order valence-corrected chi connectivity index (χ1v) is 5.28. The molecule has 1 N–H and O–H groups in total. The molecule has 0 radical (unpaired) electrons. The van der Waals surface area contributed by atoms with Gasteiger partial charge in [0.15, 0.2) is 0 Å². The Morgan fingerprint density at radius 2 is 2.12 bits per heavy atom. The smallest absolute Gasteiger partial charge is 0.299 e. The molecule has 2 amide bonds. The highest BCUT2D eigenvalue weighted by atomic mass is 35.5. The van der Waals surface area contributed by atoms with E-state index < -0.39 is 11.7 Å². The third kappa shape index (κ3) is 1.89. The maximum Gasteiger partial charge on any atom is 0.299 e. The van der Waals surface area contributed by atoms with Crippen molar-refractivity contribution in [3.63, 3.8) is 0 Å². The monoisotopic (exact) mass is 252 g/mol. The van der Waals surface area contributed by atoms with Gasteiger partial charge in [-0.3, -0.25) is 19.3 Å². The molecule has 5 nitrogen and oxygen atoms in total. The van der Waals surface area contributed by atoms with Gasteiger partial charge >= 0.3 is 0 Å². The Bertz CT molecular complexity index is 527. The van der Waals surface area contributed by atoms with Crippen molar-refractivity contribution < 1.29 is 14.4 Å². The molecule has 0 aromatic heterocycles. The molecule has 0 spiro atoms. The quantitative estimate of drug-likeness (QED) is 0.785. The molecule has 0 unspecified atom stereocenters. The van der Waals surface area contributed by atoms with Crippen LogP contribution in [0.5, 0.6) is 0 Å². The van der Waals surface area contributed by atoms with Crippen molar-refractivity contribution in [1.82, 2.24) is 5.32 Å². The molecule has 1 heterocycles. The Balaban J connectivity index is 2.42. The highest BCUT2D eigenvalue weighted by molar-refractivity contribution is 6.53. The van der Waals surface area contributed by atoms with Gasteiger partial charge in [-0.2, -0.15) is 0 Å². The maximum atomic E-state index is 11.7. The zero-order valence-corrected chi connectivity index (χ0v) is 9.75. The molecular weight excluding hydrogens is 244 g/mol. The summed E-state index contributed by atoms with van der Waals surface area (Å²) in [6.07, 6.45) is 0. The van der Waals surface area contributed by atoms with Crippen LogP contribution >= 0.6 is 11.6 Å². The van der Waals surface area contributed by atoms with Crippen molar-refractivity contribution in [2.24, 2.45) is 0 Å². The summed E-state index contributed by atoms with van der Waals surface area (Å²) in [6.45, 7) is -0.186. The first kappa shape index (κ1) is 11.6. The van der Waals surface area contributed by atoms with Crippen molar-refractivity contribution in [2.45, 2.75) is 0 Å². The third-order valence-electron chi connectivity index (χ3n) is 2.52. The van der Waals surface area contributed by atoms with Crippen LogP contribution < -0.4 is 10.2 Å². The molecule has 2 rings (SSSR count). The minimum absolute atomic E-state index is 0.186. The van der Waals surface area contributed by atoms with E-state index in [0.29, 0.717) is 10.7 Å². The number of likely N-dealkylation sites (N-methyl/N-ethyl adjacent to an activating group) is 1. The normalized spacial score (nSPS) is 13.9. The number of Topliss-reactive ketones (excluding diaryl/α,β-unsaturated/α-hetero) is 1. The zero-order chi connectivity index (χ0) is 12.6. The van der Waals surface area contributed by atoms with E-state index in [9.17, 15) is 14.4 Å². The van der Waals surface area contributed by atoms with E-state index in [4.69, 9.17) is 11.6 Å². The van der Waals surface area contributed by atoms with E-state index in [1.807, 2.05) is 0 Å². The van der Waals surface area contributed by atoms with Crippen LogP contribution in [0.3, 0.4) is 0 Å². The summed E-state index contributed by atoms with van der Waals surface area (Å²) >= 11 is 5.80. The minimum atomic E-state index is -0.703. The average molecular weight is 253 g/mol. The van der Waals surface area contributed by atoms with Crippen molar-refractivity contribution in [1.29, 1.82) is 0 Å². The molecule has 0 fully saturated rings. The number of ketones is 1. The molecular formula is C11H9ClN2O3. The van der Waals surface area contributed by atoms with Crippen molar-refractivity contribution in [3.05, 3.63) is 28.8 Å². The molecule has 0 saturated heterocycles. The largest absolute Gasteiger partial charge is 0.358 e. The Hall–Kier alpha value is -1.88. The summed E-state index contributed by atoms with van der Waals surface area (Å²) in [5.41, 5.74) is 0.666. The lowest BCUT2D eigenvalue weighted by Crippen LogP contribution is -2.38. The summed E-state index contributed by atoms with van der Waals surface area (Å²) in [6, 6.07) is 4.53. The van der Waals surface area contributed by atoms with Gasteiger partial charge in [-0.15, -0.1) is 0 Å². The van der Waals surface area contributed by atoms with Crippen LogP contribution in [0.4, 0.5) is 5.69 Å². The van der Waals surface area contributed by atoms with Gasteiger partial charge in [-0.1, -0.05) is 11.6 Å². The fourth-order valence-electron chi connectivity index (χ4n) is 1.65. The zero-order valence-electron chi connectivity index (χ0n) is 8.99. The van der Waals surface area contributed by atoms with Crippen LogP contribution in [0, 0.1) is 0 Å². The van der Waals surface area contributed by atoms with Gasteiger partial charge in [0.1, 0.15) is 6.54 Å². The van der Waals surface area contributed by atoms with Crippen LogP contribution in [0.15, 0.2) is 18.2 Å². The van der Waals surface area contributed by atoms with Gasteiger partial charge in [0, 0.05) is 12.1 Å². The number of nitrogens with zero attached hydrogens (tertiary/aromatic N) is 1. The number of anilines is 1. The van der Waals surface area contributed by atoms with Crippen molar-refractivity contribution >= 4 is 34.9 Å².